The summed E-state index contributed by atoms with van der Waals surface area (Å²) in [4.78, 5) is 24.4. The molecule has 8 nitrogen and oxygen atoms in total. The number of halogens is 1. The fourth-order valence-corrected chi connectivity index (χ4v) is 4.26. The van der Waals surface area contributed by atoms with Gasteiger partial charge in [0.2, 0.25) is 0 Å². The topological polar surface area (TPSA) is 125 Å². The maximum Gasteiger partial charge on any atom is 0.261 e. The van der Waals surface area contributed by atoms with E-state index in [0.29, 0.717) is 18.5 Å². The number of amides is 2. The van der Waals surface area contributed by atoms with Gasteiger partial charge in [0.1, 0.15) is 5.75 Å². The number of phenolic OH excluding ortho intramolecular Hbond substituents is 1. The molecule has 0 aromatic heterocycles. The molecule has 0 fully saturated rings. The first-order chi connectivity index (χ1) is 15.8. The van der Waals surface area contributed by atoms with Crippen molar-refractivity contribution in [3.63, 3.8) is 0 Å². The number of phenols is 1. The summed E-state index contributed by atoms with van der Waals surface area (Å²) in [5.74, 6) is -0.772. The Kier molecular flexibility index (Phi) is 7.92. The summed E-state index contributed by atoms with van der Waals surface area (Å²) in [6.45, 7) is 0.582. The summed E-state index contributed by atoms with van der Waals surface area (Å²) in [5.41, 5.74) is 0.755. The van der Waals surface area contributed by atoms with Crippen LogP contribution < -0.4 is 15.4 Å². The van der Waals surface area contributed by atoms with E-state index in [1.54, 1.807) is 30.3 Å². The quantitative estimate of drug-likeness (QED) is 0.344. The lowest BCUT2D eigenvalue weighted by atomic mass is 10.2. The third kappa shape index (κ3) is 6.71. The highest BCUT2D eigenvalue weighted by atomic mass is 35.5. The Labute approximate surface area is 196 Å². The van der Waals surface area contributed by atoms with Gasteiger partial charge in [0.15, 0.2) is 0 Å². The molecule has 0 unspecified atom stereocenters. The zero-order valence-corrected chi connectivity index (χ0v) is 19.0. The first-order valence-electron chi connectivity index (χ1n) is 9.99. The van der Waals surface area contributed by atoms with Gasteiger partial charge in [-0.25, -0.2) is 8.42 Å². The Morgan fingerprint density at radius 3 is 2.06 bits per heavy atom. The predicted octanol–water partition coefficient (Wildman–Crippen LogP) is 3.40. The van der Waals surface area contributed by atoms with Gasteiger partial charge in [-0.05, 0) is 55.0 Å². The molecule has 2 amide bonds. The van der Waals surface area contributed by atoms with Gasteiger partial charge >= 0.3 is 0 Å². The molecule has 172 valence electrons. The minimum absolute atomic E-state index is 0.00113. The zero-order valence-electron chi connectivity index (χ0n) is 17.4. The van der Waals surface area contributed by atoms with Crippen LogP contribution in [0.4, 0.5) is 5.69 Å². The van der Waals surface area contributed by atoms with Gasteiger partial charge in [-0.1, -0.05) is 35.9 Å². The maximum atomic E-state index is 12.7. The molecule has 4 N–H and O–H groups in total. The van der Waals surface area contributed by atoms with Crippen molar-refractivity contribution >= 4 is 39.1 Å². The predicted molar refractivity (Wildman–Crippen MR) is 126 cm³/mol. The largest absolute Gasteiger partial charge is 0.508 e. The first-order valence-corrected chi connectivity index (χ1v) is 11.9. The molecule has 10 heteroatoms. The van der Waals surface area contributed by atoms with Crippen molar-refractivity contribution in [2.75, 3.05) is 17.8 Å². The molecule has 0 heterocycles. The van der Waals surface area contributed by atoms with Crippen LogP contribution in [0.3, 0.4) is 0 Å². The molecule has 33 heavy (non-hydrogen) atoms. The number of carbonyl (C=O) groups excluding carboxylic acids is 2. The number of benzene rings is 3. The second kappa shape index (κ2) is 10.8. The number of para-hydroxylation sites is 1. The molecule has 0 spiro atoms. The van der Waals surface area contributed by atoms with Crippen molar-refractivity contribution < 1.29 is 23.1 Å². The third-order valence-corrected chi connectivity index (χ3v) is 6.25. The van der Waals surface area contributed by atoms with Gasteiger partial charge in [-0.15, -0.1) is 0 Å². The molecule has 3 rings (SSSR count). The monoisotopic (exact) mass is 487 g/mol. The van der Waals surface area contributed by atoms with E-state index in [-0.39, 0.29) is 39.4 Å². The molecule has 0 radical (unpaired) electrons. The van der Waals surface area contributed by atoms with E-state index in [0.717, 1.165) is 0 Å². The summed E-state index contributed by atoms with van der Waals surface area (Å²) in [7, 11) is -3.94. The van der Waals surface area contributed by atoms with Crippen molar-refractivity contribution in [3.8, 4) is 5.75 Å². The minimum Gasteiger partial charge on any atom is -0.508 e. The maximum absolute atomic E-state index is 12.7. The average molecular weight is 488 g/mol. The lowest BCUT2D eigenvalue weighted by Crippen LogP contribution is -2.30. The van der Waals surface area contributed by atoms with Gasteiger partial charge in [-0.2, -0.15) is 0 Å². The molecular formula is C23H22ClN3O5S. The zero-order chi connectivity index (χ0) is 23.8. The van der Waals surface area contributed by atoms with Crippen LogP contribution >= 0.6 is 11.6 Å². The molecule has 0 bridgehead atoms. The summed E-state index contributed by atoms with van der Waals surface area (Å²) >= 11 is 6.02. The molecule has 0 aliphatic rings. The molecular weight excluding hydrogens is 466 g/mol. The molecule has 0 atom stereocenters. The van der Waals surface area contributed by atoms with Gasteiger partial charge in [0.05, 0.1) is 15.6 Å². The van der Waals surface area contributed by atoms with Gasteiger partial charge in [-0.3, -0.25) is 14.3 Å². The fraction of sp³-hybridized carbons (Fsp3) is 0.130. The Bertz CT molecular complexity index is 1260. The Morgan fingerprint density at radius 2 is 1.42 bits per heavy atom. The smallest absolute Gasteiger partial charge is 0.261 e. The standard InChI is InChI=1S/C23H22ClN3O5S/c24-20-10-1-2-11-21(20)27-33(31,32)19-9-4-7-17(15-19)23(30)26-13-5-12-25-22(29)16-6-3-8-18(28)14-16/h1-4,6-11,14-15,27-28H,5,12-13H2,(H,25,29)(H,26,30). The summed E-state index contributed by atoms with van der Waals surface area (Å²) in [6.07, 6.45) is 0.461. The van der Waals surface area contributed by atoms with Crippen molar-refractivity contribution in [1.82, 2.24) is 10.6 Å². The van der Waals surface area contributed by atoms with E-state index in [2.05, 4.69) is 15.4 Å². The lowest BCUT2D eigenvalue weighted by Gasteiger charge is -2.11. The number of carbonyl (C=O) groups is 2. The number of nitrogens with one attached hydrogen (secondary N) is 3. The van der Waals surface area contributed by atoms with E-state index >= 15 is 0 Å². The Balaban J connectivity index is 1.52. The molecule has 0 aliphatic carbocycles. The van der Waals surface area contributed by atoms with Gasteiger partial charge < -0.3 is 15.7 Å². The second-order valence-corrected chi connectivity index (χ2v) is 9.12. The first kappa shape index (κ1) is 24.1. The van der Waals surface area contributed by atoms with Crippen molar-refractivity contribution in [3.05, 3.63) is 88.9 Å². The second-order valence-electron chi connectivity index (χ2n) is 7.03. The van der Waals surface area contributed by atoms with E-state index in [9.17, 15) is 23.1 Å². The third-order valence-electron chi connectivity index (χ3n) is 4.56. The minimum atomic E-state index is -3.94. The fourth-order valence-electron chi connectivity index (χ4n) is 2.90. The highest BCUT2D eigenvalue weighted by molar-refractivity contribution is 7.92. The van der Waals surface area contributed by atoms with Crippen LogP contribution in [-0.4, -0.2) is 38.4 Å². The number of sulfonamides is 1. The number of anilines is 1. The number of aromatic hydroxyl groups is 1. The van der Waals surface area contributed by atoms with Crippen molar-refractivity contribution in [2.45, 2.75) is 11.3 Å². The van der Waals surface area contributed by atoms with Crippen LogP contribution in [-0.2, 0) is 10.0 Å². The van der Waals surface area contributed by atoms with Gasteiger partial charge in [0, 0.05) is 24.2 Å². The van der Waals surface area contributed by atoms with Crippen LogP contribution in [0.2, 0.25) is 5.02 Å². The molecule has 0 aliphatic heterocycles. The molecule has 0 saturated carbocycles. The van der Waals surface area contributed by atoms with Crippen LogP contribution in [0.25, 0.3) is 0 Å². The normalized spacial score (nSPS) is 10.9. The van der Waals surface area contributed by atoms with Gasteiger partial charge in [0.25, 0.3) is 21.8 Å². The van der Waals surface area contributed by atoms with Crippen molar-refractivity contribution in [2.24, 2.45) is 0 Å². The van der Waals surface area contributed by atoms with E-state index in [1.807, 2.05) is 0 Å². The van der Waals surface area contributed by atoms with Crippen LogP contribution in [0.5, 0.6) is 5.75 Å². The molecule has 0 saturated heterocycles. The van der Waals surface area contributed by atoms with Crippen LogP contribution in [0.15, 0.2) is 77.7 Å². The number of hydrogen-bond acceptors (Lipinski definition) is 5. The average Bonchev–Trinajstić information content (AvgIpc) is 2.80. The summed E-state index contributed by atoms with van der Waals surface area (Å²) < 4.78 is 27.8. The highest BCUT2D eigenvalue weighted by Crippen LogP contribution is 2.24. The van der Waals surface area contributed by atoms with Crippen molar-refractivity contribution in [1.29, 1.82) is 0 Å². The Hall–Kier alpha value is -3.56. The Morgan fingerprint density at radius 1 is 0.818 bits per heavy atom. The SMILES string of the molecule is O=C(NCCCNC(=O)c1cccc(S(=O)(=O)Nc2ccccc2Cl)c1)c1cccc(O)c1. The summed E-state index contributed by atoms with van der Waals surface area (Å²) in [6, 6.07) is 18.1. The highest BCUT2D eigenvalue weighted by Gasteiger charge is 2.17. The van der Waals surface area contributed by atoms with E-state index in [4.69, 9.17) is 11.6 Å². The van der Waals surface area contributed by atoms with Crippen LogP contribution in [0, 0.1) is 0 Å². The van der Waals surface area contributed by atoms with E-state index < -0.39 is 15.9 Å². The number of hydrogen-bond donors (Lipinski definition) is 4. The molecule has 3 aromatic carbocycles. The molecule has 3 aromatic rings. The van der Waals surface area contributed by atoms with E-state index in [1.165, 1.54) is 42.5 Å². The number of rotatable bonds is 9. The lowest BCUT2D eigenvalue weighted by molar-refractivity contribution is 0.0951. The summed E-state index contributed by atoms with van der Waals surface area (Å²) in [5, 5.41) is 15.1. The van der Waals surface area contributed by atoms with Crippen LogP contribution in [0.1, 0.15) is 27.1 Å².